The Morgan fingerprint density at radius 3 is 2.38 bits per heavy atom. The van der Waals surface area contributed by atoms with Crippen LogP contribution >= 0.6 is 0 Å². The van der Waals surface area contributed by atoms with E-state index in [1.165, 1.54) is 0 Å². The smallest absolute Gasteiger partial charge is 0.317 e. The third kappa shape index (κ3) is 7.67. The lowest BCUT2D eigenvalue weighted by Gasteiger charge is -2.26. The second-order valence-electron chi connectivity index (χ2n) is 7.00. The van der Waals surface area contributed by atoms with Crippen molar-refractivity contribution in [2.24, 2.45) is 0 Å². The summed E-state index contributed by atoms with van der Waals surface area (Å²) in [4.78, 5) is 25.7. The first-order valence-corrected chi connectivity index (χ1v) is 9.82. The molecule has 2 rings (SSSR count). The van der Waals surface area contributed by atoms with Gasteiger partial charge in [-0.05, 0) is 42.5 Å². The molecule has 152 valence electrons. The Morgan fingerprint density at radius 2 is 1.79 bits per heavy atom. The van der Waals surface area contributed by atoms with E-state index < -0.39 is 5.97 Å². The fourth-order valence-electron chi connectivity index (χ4n) is 3.11. The normalized spacial score (nSPS) is 11.3. The summed E-state index contributed by atoms with van der Waals surface area (Å²) in [5.41, 5.74) is 2.58. The molecule has 0 heterocycles. The molecule has 1 atom stereocenters. The van der Waals surface area contributed by atoms with Gasteiger partial charge in [0.15, 0.2) is 0 Å². The van der Waals surface area contributed by atoms with Crippen LogP contribution in [0.2, 0.25) is 0 Å². The number of benzene rings is 2. The van der Waals surface area contributed by atoms with Gasteiger partial charge in [-0.1, -0.05) is 49.4 Å². The highest BCUT2D eigenvalue weighted by Crippen LogP contribution is 2.11. The fraction of sp³-hybridized carbons (Fsp3) is 0.348. The number of nitrogens with zero attached hydrogens (tertiary/aromatic N) is 2. The lowest BCUT2D eigenvalue weighted by atomic mass is 10.0. The van der Waals surface area contributed by atoms with E-state index in [-0.39, 0.29) is 18.5 Å². The summed E-state index contributed by atoms with van der Waals surface area (Å²) < 4.78 is 0. The number of hydrogen-bond acceptors (Lipinski definition) is 3. The minimum Gasteiger partial charge on any atom is -0.481 e. The third-order valence-electron chi connectivity index (χ3n) is 4.60. The number of carboxylic acid groups (broad SMARTS) is 1. The fourth-order valence-corrected chi connectivity index (χ4v) is 3.11. The van der Waals surface area contributed by atoms with Crippen LogP contribution in [0.4, 0.5) is 4.79 Å². The standard InChI is InChI=1S/C23H27N3O3/c1-2-14-26(17-20-10-8-19(16-24)9-11-20)23(29)25-21(12-13-22(27)28)15-18-6-4-3-5-7-18/h3-11,21H,2,12-15,17H2,1H3,(H,25,29)(H,27,28). The number of carbonyl (C=O) groups is 2. The molecule has 0 saturated heterocycles. The van der Waals surface area contributed by atoms with Gasteiger partial charge in [0.1, 0.15) is 0 Å². The molecule has 0 aliphatic rings. The van der Waals surface area contributed by atoms with Crippen LogP contribution < -0.4 is 5.32 Å². The SMILES string of the molecule is CCCN(Cc1ccc(C#N)cc1)C(=O)NC(CCC(=O)O)Cc1ccccc1. The van der Waals surface area contributed by atoms with E-state index in [2.05, 4.69) is 11.4 Å². The van der Waals surface area contributed by atoms with Crippen molar-refractivity contribution < 1.29 is 14.7 Å². The zero-order valence-corrected chi connectivity index (χ0v) is 16.7. The molecule has 0 radical (unpaired) electrons. The molecule has 6 nitrogen and oxygen atoms in total. The number of amides is 2. The number of aliphatic carboxylic acids is 1. The Balaban J connectivity index is 2.07. The van der Waals surface area contributed by atoms with E-state index in [1.807, 2.05) is 49.4 Å². The number of carbonyl (C=O) groups excluding carboxylic acids is 1. The molecular formula is C23H27N3O3. The Kier molecular flexibility index (Phi) is 8.71. The summed E-state index contributed by atoms with van der Waals surface area (Å²) in [6, 6.07) is 18.5. The molecule has 0 fully saturated rings. The van der Waals surface area contributed by atoms with Gasteiger partial charge in [-0.15, -0.1) is 0 Å². The molecule has 0 aromatic heterocycles. The van der Waals surface area contributed by atoms with E-state index in [0.717, 1.165) is 17.5 Å². The van der Waals surface area contributed by atoms with Crippen LogP contribution in [-0.4, -0.2) is 34.6 Å². The van der Waals surface area contributed by atoms with Crippen molar-refractivity contribution in [3.63, 3.8) is 0 Å². The van der Waals surface area contributed by atoms with Crippen molar-refractivity contribution >= 4 is 12.0 Å². The maximum Gasteiger partial charge on any atom is 0.317 e. The molecular weight excluding hydrogens is 366 g/mol. The summed E-state index contributed by atoms with van der Waals surface area (Å²) >= 11 is 0. The van der Waals surface area contributed by atoms with E-state index in [9.17, 15) is 9.59 Å². The summed E-state index contributed by atoms with van der Waals surface area (Å²) in [6.45, 7) is 3.02. The highest BCUT2D eigenvalue weighted by atomic mass is 16.4. The Morgan fingerprint density at radius 1 is 1.10 bits per heavy atom. The molecule has 0 saturated carbocycles. The second-order valence-corrected chi connectivity index (χ2v) is 7.00. The number of nitriles is 1. The van der Waals surface area contributed by atoms with E-state index in [0.29, 0.717) is 31.5 Å². The van der Waals surface area contributed by atoms with Crippen molar-refractivity contribution in [1.29, 1.82) is 5.26 Å². The lowest BCUT2D eigenvalue weighted by Crippen LogP contribution is -2.45. The zero-order chi connectivity index (χ0) is 21.1. The minimum atomic E-state index is -0.875. The first-order valence-electron chi connectivity index (χ1n) is 9.82. The van der Waals surface area contributed by atoms with Gasteiger partial charge in [0.2, 0.25) is 0 Å². The quantitative estimate of drug-likeness (QED) is 0.639. The number of hydrogen-bond donors (Lipinski definition) is 2. The highest BCUT2D eigenvalue weighted by Gasteiger charge is 2.19. The number of urea groups is 1. The highest BCUT2D eigenvalue weighted by molar-refractivity contribution is 5.74. The van der Waals surface area contributed by atoms with Crippen molar-refractivity contribution in [2.45, 2.75) is 45.2 Å². The molecule has 2 amide bonds. The summed E-state index contributed by atoms with van der Waals surface area (Å²) in [5.74, 6) is -0.875. The molecule has 6 heteroatoms. The number of rotatable bonds is 10. The van der Waals surface area contributed by atoms with Crippen LogP contribution in [0, 0.1) is 11.3 Å². The molecule has 1 unspecified atom stereocenters. The molecule has 0 spiro atoms. The second kappa shape index (κ2) is 11.5. The van der Waals surface area contributed by atoms with Gasteiger partial charge in [-0.25, -0.2) is 4.79 Å². The van der Waals surface area contributed by atoms with Gasteiger partial charge < -0.3 is 15.3 Å². The van der Waals surface area contributed by atoms with E-state index >= 15 is 0 Å². The van der Waals surface area contributed by atoms with Gasteiger partial charge in [0.05, 0.1) is 11.6 Å². The van der Waals surface area contributed by atoms with Gasteiger partial charge in [-0.3, -0.25) is 4.79 Å². The monoisotopic (exact) mass is 393 g/mol. The Hall–Kier alpha value is -3.33. The molecule has 2 N–H and O–H groups in total. The van der Waals surface area contributed by atoms with E-state index in [1.54, 1.807) is 17.0 Å². The maximum atomic E-state index is 12.9. The molecule has 0 aliphatic carbocycles. The van der Waals surface area contributed by atoms with Crippen molar-refractivity contribution in [1.82, 2.24) is 10.2 Å². The van der Waals surface area contributed by atoms with E-state index in [4.69, 9.17) is 10.4 Å². The number of carboxylic acids is 1. The summed E-state index contributed by atoms with van der Waals surface area (Å²) in [6.07, 6.45) is 1.76. The van der Waals surface area contributed by atoms with Crippen LogP contribution in [0.15, 0.2) is 54.6 Å². The molecule has 2 aromatic rings. The Bertz CT molecular complexity index is 829. The summed E-state index contributed by atoms with van der Waals surface area (Å²) in [5, 5.41) is 21.0. The van der Waals surface area contributed by atoms with Crippen molar-refractivity contribution in [2.75, 3.05) is 6.54 Å². The van der Waals surface area contributed by atoms with Crippen LogP contribution in [0.1, 0.15) is 42.9 Å². The number of nitrogens with one attached hydrogen (secondary N) is 1. The minimum absolute atomic E-state index is 0.00117. The largest absolute Gasteiger partial charge is 0.481 e. The van der Waals surface area contributed by atoms with Crippen molar-refractivity contribution in [3.8, 4) is 6.07 Å². The first-order chi connectivity index (χ1) is 14.0. The molecule has 0 aliphatic heterocycles. The van der Waals surface area contributed by atoms with Gasteiger partial charge in [0.25, 0.3) is 0 Å². The van der Waals surface area contributed by atoms with Gasteiger partial charge >= 0.3 is 12.0 Å². The van der Waals surface area contributed by atoms with Crippen LogP contribution in [-0.2, 0) is 17.8 Å². The molecule has 2 aromatic carbocycles. The van der Waals surface area contributed by atoms with Crippen LogP contribution in [0.25, 0.3) is 0 Å². The lowest BCUT2D eigenvalue weighted by molar-refractivity contribution is -0.137. The van der Waals surface area contributed by atoms with Crippen LogP contribution in [0.3, 0.4) is 0 Å². The predicted octanol–water partition coefficient (Wildman–Crippen LogP) is 3.96. The molecule has 0 bridgehead atoms. The average molecular weight is 393 g/mol. The maximum absolute atomic E-state index is 12.9. The van der Waals surface area contributed by atoms with Gasteiger partial charge in [-0.2, -0.15) is 5.26 Å². The molecule has 29 heavy (non-hydrogen) atoms. The Labute approximate surface area is 171 Å². The predicted molar refractivity (Wildman–Crippen MR) is 111 cm³/mol. The average Bonchev–Trinajstić information content (AvgIpc) is 2.73. The third-order valence-corrected chi connectivity index (χ3v) is 4.60. The first kappa shape index (κ1) is 22.0. The van der Waals surface area contributed by atoms with Crippen LogP contribution in [0.5, 0.6) is 0 Å². The topological polar surface area (TPSA) is 93.4 Å². The van der Waals surface area contributed by atoms with Crippen molar-refractivity contribution in [3.05, 3.63) is 71.3 Å². The summed E-state index contributed by atoms with van der Waals surface area (Å²) in [7, 11) is 0. The van der Waals surface area contributed by atoms with Gasteiger partial charge in [0, 0.05) is 25.6 Å². The zero-order valence-electron chi connectivity index (χ0n) is 16.7.